The van der Waals surface area contributed by atoms with E-state index in [0.717, 1.165) is 6.42 Å². The summed E-state index contributed by atoms with van der Waals surface area (Å²) >= 11 is 5.36. The largest absolute Gasteiger partial charge is 0.378 e. The zero-order valence-corrected chi connectivity index (χ0v) is 12.4. The van der Waals surface area contributed by atoms with Crippen LogP contribution in [-0.4, -0.2) is 0 Å². The normalized spacial score (nSPS) is 12.4. The molecule has 1 atom stereocenters. The van der Waals surface area contributed by atoms with Gasteiger partial charge < -0.3 is 5.32 Å². The minimum absolute atomic E-state index is 0.330. The maximum absolute atomic E-state index is 3.58. The highest BCUT2D eigenvalue weighted by Gasteiger charge is 2.10. The van der Waals surface area contributed by atoms with E-state index >= 15 is 0 Å². The van der Waals surface area contributed by atoms with Gasteiger partial charge in [-0.3, -0.25) is 0 Å². The van der Waals surface area contributed by atoms with Crippen molar-refractivity contribution in [2.75, 3.05) is 5.32 Å². The Morgan fingerprint density at radius 2 is 2.18 bits per heavy atom. The highest BCUT2D eigenvalue weighted by molar-refractivity contribution is 9.10. The van der Waals surface area contributed by atoms with E-state index in [0.29, 0.717) is 6.04 Å². The molecular weight excluding hydrogens is 294 g/mol. The van der Waals surface area contributed by atoms with Crippen molar-refractivity contribution in [1.29, 1.82) is 0 Å². The summed E-state index contributed by atoms with van der Waals surface area (Å²) in [6, 6.07) is 11.0. The summed E-state index contributed by atoms with van der Waals surface area (Å²) in [6.45, 7) is 4.37. The lowest BCUT2D eigenvalue weighted by molar-refractivity contribution is 0.902. The molecule has 3 heteroatoms. The molecule has 0 radical (unpaired) electrons. The standard InChI is InChI=1S/C14H16BrNS/c1-3-11-5-4-6-12(9-11)16-10(2)14-13(15)7-8-17-14/h4-10,16H,3H2,1-2H3. The van der Waals surface area contributed by atoms with Crippen LogP contribution in [0.3, 0.4) is 0 Å². The molecule has 90 valence electrons. The second-order valence-corrected chi connectivity index (χ2v) is 5.85. The fraction of sp³-hybridized carbons (Fsp3) is 0.286. The molecule has 2 rings (SSSR count). The van der Waals surface area contributed by atoms with Gasteiger partial charge in [0.1, 0.15) is 0 Å². The van der Waals surface area contributed by atoms with E-state index in [1.807, 2.05) is 0 Å². The predicted molar refractivity (Wildman–Crippen MR) is 79.9 cm³/mol. The van der Waals surface area contributed by atoms with Gasteiger partial charge in [-0.1, -0.05) is 19.1 Å². The Bertz CT molecular complexity index is 492. The predicted octanol–water partition coefficient (Wildman–Crippen LogP) is 5.25. The molecule has 0 fully saturated rings. The maximum atomic E-state index is 3.58. The van der Waals surface area contributed by atoms with E-state index in [1.165, 1.54) is 20.6 Å². The first-order chi connectivity index (χ1) is 8.20. The molecule has 1 aromatic carbocycles. The number of nitrogens with one attached hydrogen (secondary N) is 1. The maximum Gasteiger partial charge on any atom is 0.0589 e. The summed E-state index contributed by atoms with van der Waals surface area (Å²) in [7, 11) is 0. The van der Waals surface area contributed by atoms with E-state index in [4.69, 9.17) is 0 Å². The van der Waals surface area contributed by atoms with Crippen molar-refractivity contribution in [3.8, 4) is 0 Å². The van der Waals surface area contributed by atoms with Crippen LogP contribution < -0.4 is 5.32 Å². The van der Waals surface area contributed by atoms with Crippen molar-refractivity contribution < 1.29 is 0 Å². The van der Waals surface area contributed by atoms with Crippen molar-refractivity contribution >= 4 is 33.0 Å². The van der Waals surface area contributed by atoms with Crippen LogP contribution in [0.2, 0.25) is 0 Å². The summed E-state index contributed by atoms with van der Waals surface area (Å²) in [5, 5.41) is 5.65. The van der Waals surface area contributed by atoms with Gasteiger partial charge in [-0.25, -0.2) is 0 Å². The Kier molecular flexibility index (Phi) is 4.24. The molecule has 0 aliphatic rings. The SMILES string of the molecule is CCc1cccc(NC(C)c2sccc2Br)c1. The van der Waals surface area contributed by atoms with E-state index < -0.39 is 0 Å². The van der Waals surface area contributed by atoms with Crippen LogP contribution in [0, 0.1) is 0 Å². The van der Waals surface area contributed by atoms with Crippen LogP contribution in [0.15, 0.2) is 40.2 Å². The monoisotopic (exact) mass is 309 g/mol. The Labute approximate surface area is 115 Å². The number of hydrogen-bond donors (Lipinski definition) is 1. The van der Waals surface area contributed by atoms with Gasteiger partial charge in [0, 0.05) is 15.0 Å². The second kappa shape index (κ2) is 5.69. The lowest BCUT2D eigenvalue weighted by Crippen LogP contribution is -2.05. The van der Waals surface area contributed by atoms with Crippen molar-refractivity contribution in [3.63, 3.8) is 0 Å². The second-order valence-electron chi connectivity index (χ2n) is 4.05. The molecule has 0 saturated heterocycles. The van der Waals surface area contributed by atoms with Crippen molar-refractivity contribution in [2.24, 2.45) is 0 Å². The first-order valence-corrected chi connectivity index (χ1v) is 7.46. The number of aryl methyl sites for hydroxylation is 1. The van der Waals surface area contributed by atoms with E-state index in [9.17, 15) is 0 Å². The van der Waals surface area contributed by atoms with Gasteiger partial charge in [-0.05, 0) is 58.4 Å². The Hall–Kier alpha value is -0.800. The smallest absolute Gasteiger partial charge is 0.0589 e. The van der Waals surface area contributed by atoms with Crippen LogP contribution in [0.1, 0.15) is 30.3 Å². The van der Waals surface area contributed by atoms with Gasteiger partial charge in [0.25, 0.3) is 0 Å². The molecule has 0 saturated carbocycles. The van der Waals surface area contributed by atoms with Crippen molar-refractivity contribution in [1.82, 2.24) is 0 Å². The van der Waals surface area contributed by atoms with Crippen LogP contribution in [-0.2, 0) is 6.42 Å². The first-order valence-electron chi connectivity index (χ1n) is 5.79. The topological polar surface area (TPSA) is 12.0 Å². The average Bonchev–Trinajstić information content (AvgIpc) is 2.76. The summed E-state index contributed by atoms with van der Waals surface area (Å²) in [5.74, 6) is 0. The number of halogens is 1. The third-order valence-electron chi connectivity index (χ3n) is 2.76. The molecule has 1 nitrogen and oxygen atoms in total. The lowest BCUT2D eigenvalue weighted by Gasteiger charge is -2.15. The molecule has 2 aromatic rings. The van der Waals surface area contributed by atoms with Crippen molar-refractivity contribution in [2.45, 2.75) is 26.3 Å². The van der Waals surface area contributed by atoms with Gasteiger partial charge in [-0.15, -0.1) is 11.3 Å². The Balaban J connectivity index is 2.13. The van der Waals surface area contributed by atoms with Gasteiger partial charge in [0.15, 0.2) is 0 Å². The van der Waals surface area contributed by atoms with Crippen LogP contribution in [0.4, 0.5) is 5.69 Å². The summed E-state index contributed by atoms with van der Waals surface area (Å²) in [6.07, 6.45) is 1.08. The number of rotatable bonds is 4. The minimum atomic E-state index is 0.330. The van der Waals surface area contributed by atoms with Crippen LogP contribution in [0.5, 0.6) is 0 Å². The minimum Gasteiger partial charge on any atom is -0.378 e. The van der Waals surface area contributed by atoms with Crippen LogP contribution in [0.25, 0.3) is 0 Å². The van der Waals surface area contributed by atoms with E-state index in [-0.39, 0.29) is 0 Å². The molecule has 1 aromatic heterocycles. The first kappa shape index (κ1) is 12.7. The number of anilines is 1. The number of benzene rings is 1. The molecule has 0 bridgehead atoms. The molecule has 0 aliphatic carbocycles. The summed E-state index contributed by atoms with van der Waals surface area (Å²) < 4.78 is 1.19. The van der Waals surface area contributed by atoms with Gasteiger partial charge >= 0.3 is 0 Å². The van der Waals surface area contributed by atoms with Crippen LogP contribution >= 0.6 is 27.3 Å². The highest BCUT2D eigenvalue weighted by atomic mass is 79.9. The third kappa shape index (κ3) is 3.11. The molecule has 0 amide bonds. The zero-order chi connectivity index (χ0) is 12.3. The molecular formula is C14H16BrNS. The zero-order valence-electron chi connectivity index (χ0n) is 10.0. The number of thiophene rings is 1. The number of hydrogen-bond acceptors (Lipinski definition) is 2. The fourth-order valence-electron chi connectivity index (χ4n) is 1.81. The summed E-state index contributed by atoms with van der Waals surface area (Å²) in [5.41, 5.74) is 2.56. The molecule has 1 unspecified atom stereocenters. The van der Waals surface area contributed by atoms with Gasteiger partial charge in [0.05, 0.1) is 6.04 Å². The molecule has 17 heavy (non-hydrogen) atoms. The average molecular weight is 310 g/mol. The third-order valence-corrected chi connectivity index (χ3v) is 4.81. The summed E-state index contributed by atoms with van der Waals surface area (Å²) in [4.78, 5) is 1.34. The molecule has 1 N–H and O–H groups in total. The molecule has 1 heterocycles. The van der Waals surface area contributed by atoms with Gasteiger partial charge in [-0.2, -0.15) is 0 Å². The van der Waals surface area contributed by atoms with E-state index in [2.05, 4.69) is 70.8 Å². The quantitative estimate of drug-likeness (QED) is 0.813. The van der Waals surface area contributed by atoms with Gasteiger partial charge in [0.2, 0.25) is 0 Å². The fourth-order valence-corrected chi connectivity index (χ4v) is 3.54. The lowest BCUT2D eigenvalue weighted by atomic mass is 10.1. The Morgan fingerprint density at radius 1 is 1.35 bits per heavy atom. The Morgan fingerprint density at radius 3 is 2.82 bits per heavy atom. The molecule has 0 spiro atoms. The van der Waals surface area contributed by atoms with Crippen molar-refractivity contribution in [3.05, 3.63) is 50.6 Å². The highest BCUT2D eigenvalue weighted by Crippen LogP contribution is 2.31. The van der Waals surface area contributed by atoms with E-state index in [1.54, 1.807) is 11.3 Å². The molecule has 0 aliphatic heterocycles.